The monoisotopic (exact) mass is 391 g/mol. The summed E-state index contributed by atoms with van der Waals surface area (Å²) in [5.41, 5.74) is 3.19. The summed E-state index contributed by atoms with van der Waals surface area (Å²) in [4.78, 5) is 14.3. The Hall–Kier alpha value is -2.19. The van der Waals surface area contributed by atoms with Crippen LogP contribution in [0.15, 0.2) is 27.6 Å². The molecule has 1 aliphatic heterocycles. The van der Waals surface area contributed by atoms with Crippen LogP contribution in [-0.2, 0) is 27.8 Å². The molecule has 3 rings (SSSR count). The van der Waals surface area contributed by atoms with E-state index < -0.39 is 10.0 Å². The predicted molar refractivity (Wildman–Crippen MR) is 102 cm³/mol. The second-order valence-electron chi connectivity index (χ2n) is 7.33. The van der Waals surface area contributed by atoms with Crippen molar-refractivity contribution in [1.29, 1.82) is 0 Å². The first kappa shape index (κ1) is 19.6. The summed E-state index contributed by atoms with van der Waals surface area (Å²) in [5.74, 6) is 0.725. The van der Waals surface area contributed by atoms with Crippen molar-refractivity contribution in [2.45, 2.75) is 52.0 Å². The number of sulfonamides is 1. The molecule has 0 saturated heterocycles. The molecule has 0 bridgehead atoms. The zero-order valence-electron chi connectivity index (χ0n) is 16.1. The molecule has 0 unspecified atom stereocenters. The number of nitrogens with zero attached hydrogens (tertiary/aromatic N) is 2. The summed E-state index contributed by atoms with van der Waals surface area (Å²) in [5, 5.41) is 3.70. The summed E-state index contributed by atoms with van der Waals surface area (Å²) in [7, 11) is -3.70. The van der Waals surface area contributed by atoms with Gasteiger partial charge in [0.2, 0.25) is 15.9 Å². The van der Waals surface area contributed by atoms with Crippen LogP contribution >= 0.6 is 0 Å². The number of fused-ring (bicyclic) bond motifs is 1. The molecule has 1 aromatic heterocycles. The number of benzene rings is 1. The van der Waals surface area contributed by atoms with Gasteiger partial charge in [-0.25, -0.2) is 13.1 Å². The molecule has 1 aliphatic rings. The first-order valence-corrected chi connectivity index (χ1v) is 10.5. The highest BCUT2D eigenvalue weighted by Gasteiger charge is 2.26. The SMILES string of the molecule is Cc1noc(C)c1S(=O)(=O)NCc1ccc2c(c1)CCN2C(=O)CC(C)C. The molecule has 27 heavy (non-hydrogen) atoms. The van der Waals surface area contributed by atoms with Crippen molar-refractivity contribution in [1.82, 2.24) is 9.88 Å². The van der Waals surface area contributed by atoms with Gasteiger partial charge in [-0.15, -0.1) is 0 Å². The number of carbonyl (C=O) groups is 1. The van der Waals surface area contributed by atoms with Crippen LogP contribution in [0.3, 0.4) is 0 Å². The van der Waals surface area contributed by atoms with Gasteiger partial charge in [-0.2, -0.15) is 0 Å². The largest absolute Gasteiger partial charge is 0.360 e. The zero-order valence-corrected chi connectivity index (χ0v) is 16.9. The van der Waals surface area contributed by atoms with Crippen molar-refractivity contribution in [2.75, 3.05) is 11.4 Å². The average molecular weight is 391 g/mol. The van der Waals surface area contributed by atoms with E-state index in [4.69, 9.17) is 4.52 Å². The summed E-state index contributed by atoms with van der Waals surface area (Å²) in [6.45, 7) is 8.08. The van der Waals surface area contributed by atoms with Gasteiger partial charge in [0, 0.05) is 25.2 Å². The number of aryl methyl sites for hydroxylation is 2. The Kier molecular flexibility index (Phi) is 5.39. The molecule has 0 aliphatic carbocycles. The van der Waals surface area contributed by atoms with Crippen LogP contribution < -0.4 is 9.62 Å². The maximum Gasteiger partial charge on any atom is 0.246 e. The summed E-state index contributed by atoms with van der Waals surface area (Å²) in [6, 6.07) is 5.73. The molecule has 0 fully saturated rings. The third-order valence-electron chi connectivity index (χ3n) is 4.63. The number of carbonyl (C=O) groups excluding carboxylic acids is 1. The van der Waals surface area contributed by atoms with Crippen molar-refractivity contribution >= 4 is 21.6 Å². The van der Waals surface area contributed by atoms with E-state index in [1.807, 2.05) is 36.9 Å². The van der Waals surface area contributed by atoms with E-state index in [0.717, 1.165) is 23.2 Å². The second kappa shape index (κ2) is 7.44. The smallest absolute Gasteiger partial charge is 0.246 e. The average Bonchev–Trinajstić information content (AvgIpc) is 3.15. The molecule has 2 heterocycles. The van der Waals surface area contributed by atoms with E-state index in [9.17, 15) is 13.2 Å². The van der Waals surface area contributed by atoms with Crippen LogP contribution in [0.25, 0.3) is 0 Å². The fourth-order valence-corrected chi connectivity index (χ4v) is 4.74. The number of aromatic nitrogens is 1. The molecule has 146 valence electrons. The highest BCUT2D eigenvalue weighted by atomic mass is 32.2. The minimum Gasteiger partial charge on any atom is -0.360 e. The van der Waals surface area contributed by atoms with E-state index in [1.165, 1.54) is 0 Å². The number of nitrogens with one attached hydrogen (secondary N) is 1. The van der Waals surface area contributed by atoms with Crippen molar-refractivity contribution in [2.24, 2.45) is 5.92 Å². The molecule has 8 heteroatoms. The van der Waals surface area contributed by atoms with Gasteiger partial charge in [0.15, 0.2) is 5.76 Å². The Balaban J connectivity index is 1.73. The van der Waals surface area contributed by atoms with Crippen LogP contribution in [0.4, 0.5) is 5.69 Å². The second-order valence-corrected chi connectivity index (χ2v) is 9.04. The fraction of sp³-hybridized carbons (Fsp3) is 0.474. The summed E-state index contributed by atoms with van der Waals surface area (Å²) in [6.07, 6.45) is 1.31. The highest BCUT2D eigenvalue weighted by Crippen LogP contribution is 2.30. The number of anilines is 1. The van der Waals surface area contributed by atoms with Crippen LogP contribution in [0.5, 0.6) is 0 Å². The number of amides is 1. The third-order valence-corrected chi connectivity index (χ3v) is 6.27. The standard InChI is InChI=1S/C19H25N3O4S/c1-12(2)9-18(23)22-8-7-16-10-15(5-6-17(16)22)11-20-27(24,25)19-13(3)21-26-14(19)4/h5-6,10,12,20H,7-9,11H2,1-4H3. The zero-order chi connectivity index (χ0) is 19.8. The van der Waals surface area contributed by atoms with Crippen molar-refractivity contribution < 1.29 is 17.7 Å². The molecule has 7 nitrogen and oxygen atoms in total. The minimum atomic E-state index is -3.70. The normalized spacial score (nSPS) is 14.0. The van der Waals surface area contributed by atoms with Gasteiger partial charge < -0.3 is 9.42 Å². The van der Waals surface area contributed by atoms with Crippen molar-refractivity contribution in [3.05, 3.63) is 40.8 Å². The lowest BCUT2D eigenvalue weighted by molar-refractivity contribution is -0.119. The summed E-state index contributed by atoms with van der Waals surface area (Å²) >= 11 is 0. The number of hydrogen-bond acceptors (Lipinski definition) is 5. The first-order chi connectivity index (χ1) is 12.7. The van der Waals surface area contributed by atoms with E-state index in [1.54, 1.807) is 13.8 Å². The molecule has 1 N–H and O–H groups in total. The Labute approximate surface area is 159 Å². The van der Waals surface area contributed by atoms with E-state index in [0.29, 0.717) is 24.6 Å². The van der Waals surface area contributed by atoms with Gasteiger partial charge in [0.1, 0.15) is 10.6 Å². The molecular weight excluding hydrogens is 366 g/mol. The Morgan fingerprint density at radius 1 is 1.33 bits per heavy atom. The highest BCUT2D eigenvalue weighted by molar-refractivity contribution is 7.89. The van der Waals surface area contributed by atoms with Crippen molar-refractivity contribution in [3.8, 4) is 0 Å². The van der Waals surface area contributed by atoms with E-state index in [2.05, 4.69) is 9.88 Å². The lowest BCUT2D eigenvalue weighted by Gasteiger charge is -2.18. The molecule has 0 saturated carbocycles. The molecule has 1 amide bonds. The Morgan fingerprint density at radius 2 is 2.07 bits per heavy atom. The lowest BCUT2D eigenvalue weighted by Crippen LogP contribution is -2.29. The molecular formula is C19H25N3O4S. The third kappa shape index (κ3) is 4.06. The van der Waals surface area contributed by atoms with Crippen LogP contribution in [-0.4, -0.2) is 26.0 Å². The Bertz CT molecular complexity index is 944. The van der Waals surface area contributed by atoms with Crippen LogP contribution in [0.1, 0.15) is 42.8 Å². The van der Waals surface area contributed by atoms with Crippen LogP contribution in [0.2, 0.25) is 0 Å². The van der Waals surface area contributed by atoms with Crippen LogP contribution in [0, 0.1) is 19.8 Å². The van der Waals surface area contributed by atoms with E-state index >= 15 is 0 Å². The van der Waals surface area contributed by atoms with Crippen molar-refractivity contribution in [3.63, 3.8) is 0 Å². The lowest BCUT2D eigenvalue weighted by atomic mass is 10.1. The molecule has 2 aromatic rings. The number of hydrogen-bond donors (Lipinski definition) is 1. The molecule has 0 atom stereocenters. The molecule has 0 spiro atoms. The Morgan fingerprint density at radius 3 is 2.70 bits per heavy atom. The first-order valence-electron chi connectivity index (χ1n) is 9.03. The quantitative estimate of drug-likeness (QED) is 0.817. The van der Waals surface area contributed by atoms with Gasteiger partial charge in [-0.3, -0.25) is 4.79 Å². The van der Waals surface area contributed by atoms with E-state index in [-0.39, 0.29) is 23.1 Å². The fourth-order valence-electron chi connectivity index (χ4n) is 3.39. The number of rotatable bonds is 6. The van der Waals surface area contributed by atoms with Gasteiger partial charge >= 0.3 is 0 Å². The molecule has 1 aromatic carbocycles. The van der Waals surface area contributed by atoms with Gasteiger partial charge in [-0.1, -0.05) is 31.1 Å². The molecule has 0 radical (unpaired) electrons. The maximum absolute atomic E-state index is 12.5. The van der Waals surface area contributed by atoms with Gasteiger partial charge in [0.25, 0.3) is 0 Å². The van der Waals surface area contributed by atoms with Gasteiger partial charge in [-0.05, 0) is 43.4 Å². The predicted octanol–water partition coefficient (Wildman–Crippen LogP) is 2.71. The summed E-state index contributed by atoms with van der Waals surface area (Å²) < 4.78 is 32.6. The topological polar surface area (TPSA) is 92.5 Å². The minimum absolute atomic E-state index is 0.0918. The maximum atomic E-state index is 12.5. The van der Waals surface area contributed by atoms with Gasteiger partial charge in [0.05, 0.1) is 0 Å².